The van der Waals surface area contributed by atoms with Crippen LogP contribution in [0.25, 0.3) is 0 Å². The summed E-state index contributed by atoms with van der Waals surface area (Å²) in [5.41, 5.74) is 5.55. The predicted molar refractivity (Wildman–Crippen MR) is 40.4 cm³/mol. The summed E-state index contributed by atoms with van der Waals surface area (Å²) in [6.45, 7) is 5.24. The molecule has 0 fully saturated rings. The molecule has 0 saturated heterocycles. The summed E-state index contributed by atoms with van der Waals surface area (Å²) in [6, 6.07) is 0. The van der Waals surface area contributed by atoms with Crippen LogP contribution in [-0.4, -0.2) is 16.5 Å². The fourth-order valence-corrected chi connectivity index (χ4v) is 0.129. The van der Waals surface area contributed by atoms with Crippen molar-refractivity contribution in [1.82, 2.24) is 0 Å². The predicted octanol–water partition coefficient (Wildman–Crippen LogP) is 0.996. The first-order valence-corrected chi connectivity index (χ1v) is 2.46. The van der Waals surface area contributed by atoms with Crippen LogP contribution in [0.15, 0.2) is 5.16 Å². The van der Waals surface area contributed by atoms with Gasteiger partial charge in [-0.3, -0.25) is 0 Å². The van der Waals surface area contributed by atoms with Crippen molar-refractivity contribution in [3.63, 3.8) is 0 Å². The number of rotatable bonds is 1. The Labute approximate surface area is 61.3 Å². The molecule has 0 heterocycles. The van der Waals surface area contributed by atoms with Crippen LogP contribution in [-0.2, 0) is 0 Å². The molecule has 0 rings (SSSR count). The summed E-state index contributed by atoms with van der Waals surface area (Å²) in [6.07, 6.45) is 0. The zero-order chi connectivity index (χ0) is 6.78. The molecule has 0 spiro atoms. The summed E-state index contributed by atoms with van der Waals surface area (Å²) in [5, 5.41) is 11.1. The molecule has 0 aliphatic rings. The monoisotopic (exact) mass is 152 g/mol. The third-order valence-corrected chi connectivity index (χ3v) is 1.08. The maximum atomic E-state index is 8.18. The van der Waals surface area contributed by atoms with Gasteiger partial charge in [-0.05, 0) is 20.8 Å². The van der Waals surface area contributed by atoms with Crippen LogP contribution in [0.1, 0.15) is 20.8 Å². The van der Waals surface area contributed by atoms with Crippen molar-refractivity contribution in [2.45, 2.75) is 26.3 Å². The molecule has 0 aliphatic heterocycles. The Balaban J connectivity index is 0. The molecule has 9 heavy (non-hydrogen) atoms. The minimum Gasteiger partial charge on any atom is -0.411 e. The Hall–Kier alpha value is -0.280. The molecule has 0 atom stereocenters. The SMILES string of the molecule is C/C(=N\O)C(C)(C)N.Cl. The second kappa shape index (κ2) is 3.69. The normalized spacial score (nSPS) is 12.7. The van der Waals surface area contributed by atoms with E-state index in [9.17, 15) is 0 Å². The van der Waals surface area contributed by atoms with E-state index in [-0.39, 0.29) is 12.4 Å². The lowest BCUT2D eigenvalue weighted by molar-refractivity contribution is 0.314. The first kappa shape index (κ1) is 11.5. The van der Waals surface area contributed by atoms with E-state index in [0.29, 0.717) is 5.71 Å². The highest BCUT2D eigenvalue weighted by Gasteiger charge is 2.14. The molecular weight excluding hydrogens is 140 g/mol. The van der Waals surface area contributed by atoms with Crippen LogP contribution in [0.5, 0.6) is 0 Å². The standard InChI is InChI=1S/C5H12N2O.ClH/c1-4(7-8)5(2,3)6;/h8H,6H2,1-3H3;1H/b7-4+;. The molecule has 0 aliphatic carbocycles. The fraction of sp³-hybridized carbons (Fsp3) is 0.800. The second-order valence-corrected chi connectivity index (χ2v) is 2.41. The average Bonchev–Trinajstić information content (AvgIpc) is 1.62. The van der Waals surface area contributed by atoms with E-state index in [1.165, 1.54) is 0 Å². The largest absolute Gasteiger partial charge is 0.411 e. The quantitative estimate of drug-likeness (QED) is 0.335. The van der Waals surface area contributed by atoms with E-state index in [0.717, 1.165) is 0 Å². The fourth-order valence-electron chi connectivity index (χ4n) is 0.129. The molecule has 3 nitrogen and oxygen atoms in total. The van der Waals surface area contributed by atoms with E-state index in [2.05, 4.69) is 5.16 Å². The van der Waals surface area contributed by atoms with E-state index < -0.39 is 5.54 Å². The van der Waals surface area contributed by atoms with Gasteiger partial charge in [0.1, 0.15) is 0 Å². The summed E-state index contributed by atoms with van der Waals surface area (Å²) < 4.78 is 0. The minimum atomic E-state index is -0.491. The van der Waals surface area contributed by atoms with Crippen molar-refractivity contribution in [2.75, 3.05) is 0 Å². The highest BCUT2D eigenvalue weighted by Crippen LogP contribution is 1.98. The highest BCUT2D eigenvalue weighted by molar-refractivity contribution is 5.89. The van der Waals surface area contributed by atoms with Gasteiger partial charge < -0.3 is 10.9 Å². The summed E-state index contributed by atoms with van der Waals surface area (Å²) >= 11 is 0. The Morgan fingerprint density at radius 2 is 1.89 bits per heavy atom. The van der Waals surface area contributed by atoms with Gasteiger partial charge in [-0.25, -0.2) is 0 Å². The van der Waals surface area contributed by atoms with Gasteiger partial charge in [-0.2, -0.15) is 0 Å². The zero-order valence-electron chi connectivity index (χ0n) is 5.88. The first-order valence-electron chi connectivity index (χ1n) is 2.46. The van der Waals surface area contributed by atoms with Crippen LogP contribution in [0.3, 0.4) is 0 Å². The Morgan fingerprint density at radius 3 is 1.89 bits per heavy atom. The van der Waals surface area contributed by atoms with Crippen molar-refractivity contribution < 1.29 is 5.21 Å². The lowest BCUT2D eigenvalue weighted by atomic mass is 10.0. The van der Waals surface area contributed by atoms with E-state index >= 15 is 0 Å². The van der Waals surface area contributed by atoms with Crippen molar-refractivity contribution in [1.29, 1.82) is 0 Å². The van der Waals surface area contributed by atoms with Crippen molar-refractivity contribution in [3.05, 3.63) is 0 Å². The van der Waals surface area contributed by atoms with Gasteiger partial charge in [0.2, 0.25) is 0 Å². The first-order chi connectivity index (χ1) is 3.48. The number of nitrogens with two attached hydrogens (primary N) is 1. The molecule has 0 bridgehead atoms. The number of hydrogen-bond acceptors (Lipinski definition) is 3. The molecule has 0 unspecified atom stereocenters. The van der Waals surface area contributed by atoms with Crippen molar-refractivity contribution in [3.8, 4) is 0 Å². The summed E-state index contributed by atoms with van der Waals surface area (Å²) in [4.78, 5) is 0. The van der Waals surface area contributed by atoms with Gasteiger partial charge in [-0.15, -0.1) is 12.4 Å². The number of hydrogen-bond donors (Lipinski definition) is 2. The van der Waals surface area contributed by atoms with E-state index in [1.807, 2.05) is 0 Å². The van der Waals surface area contributed by atoms with Gasteiger partial charge in [0.05, 0.1) is 11.3 Å². The minimum absolute atomic E-state index is 0. The van der Waals surface area contributed by atoms with E-state index in [1.54, 1.807) is 20.8 Å². The molecule has 0 radical (unpaired) electrons. The van der Waals surface area contributed by atoms with Crippen LogP contribution in [0.2, 0.25) is 0 Å². The average molecular weight is 153 g/mol. The number of oxime groups is 1. The van der Waals surface area contributed by atoms with Crippen molar-refractivity contribution >= 4 is 18.1 Å². The molecule has 0 aromatic carbocycles. The van der Waals surface area contributed by atoms with Gasteiger partial charge in [0.25, 0.3) is 0 Å². The van der Waals surface area contributed by atoms with Gasteiger partial charge in [-0.1, -0.05) is 5.16 Å². The molecule has 56 valence electrons. The molecule has 4 heteroatoms. The van der Waals surface area contributed by atoms with Crippen LogP contribution >= 0.6 is 12.4 Å². The third kappa shape index (κ3) is 4.24. The van der Waals surface area contributed by atoms with Gasteiger partial charge in [0.15, 0.2) is 0 Å². The third-order valence-electron chi connectivity index (χ3n) is 1.08. The lowest BCUT2D eigenvalue weighted by Crippen LogP contribution is -2.39. The van der Waals surface area contributed by atoms with E-state index in [4.69, 9.17) is 10.9 Å². The number of halogens is 1. The number of nitrogens with zero attached hydrogens (tertiary/aromatic N) is 1. The van der Waals surface area contributed by atoms with Crippen LogP contribution in [0.4, 0.5) is 0 Å². The second-order valence-electron chi connectivity index (χ2n) is 2.41. The Kier molecular flexibility index (Phi) is 4.72. The van der Waals surface area contributed by atoms with Crippen molar-refractivity contribution in [2.24, 2.45) is 10.9 Å². The molecule has 0 aromatic rings. The summed E-state index contributed by atoms with van der Waals surface area (Å²) in [5.74, 6) is 0. The van der Waals surface area contributed by atoms with Crippen LogP contribution < -0.4 is 5.73 Å². The summed E-state index contributed by atoms with van der Waals surface area (Å²) in [7, 11) is 0. The smallest absolute Gasteiger partial charge is 0.0732 e. The maximum Gasteiger partial charge on any atom is 0.0732 e. The molecule has 3 N–H and O–H groups in total. The highest BCUT2D eigenvalue weighted by atomic mass is 35.5. The molecular formula is C5H13ClN2O. The molecule has 0 aromatic heterocycles. The lowest BCUT2D eigenvalue weighted by Gasteiger charge is -2.15. The Bertz CT molecular complexity index is 106. The van der Waals surface area contributed by atoms with Crippen LogP contribution in [0, 0.1) is 0 Å². The topological polar surface area (TPSA) is 58.6 Å². The zero-order valence-corrected chi connectivity index (χ0v) is 6.70. The van der Waals surface area contributed by atoms with Gasteiger partial charge in [0, 0.05) is 0 Å². The Morgan fingerprint density at radius 1 is 1.56 bits per heavy atom. The molecule has 0 saturated carbocycles. The van der Waals surface area contributed by atoms with Gasteiger partial charge >= 0.3 is 0 Å². The maximum absolute atomic E-state index is 8.18. The molecule has 0 amide bonds.